The van der Waals surface area contributed by atoms with Gasteiger partial charge in [-0.2, -0.15) is 4.31 Å². The fraction of sp³-hybridized carbons (Fsp3) is 0.261. The second kappa shape index (κ2) is 9.48. The monoisotopic (exact) mass is 476 g/mol. The number of thiophene rings is 1. The van der Waals surface area contributed by atoms with Crippen molar-refractivity contribution in [2.45, 2.75) is 23.8 Å². The number of hydrogen-bond donors (Lipinski definition) is 1. The van der Waals surface area contributed by atoms with Gasteiger partial charge in [-0.25, -0.2) is 17.2 Å². The van der Waals surface area contributed by atoms with Crippen LogP contribution in [0.1, 0.15) is 29.3 Å². The molecule has 1 N–H and O–H groups in total. The highest BCUT2D eigenvalue weighted by atomic mass is 32.2. The zero-order chi connectivity index (χ0) is 22.7. The summed E-state index contributed by atoms with van der Waals surface area (Å²) < 4.78 is 53.5. The Morgan fingerprint density at radius 3 is 2.34 bits per heavy atom. The SMILES string of the molecule is O=C(N[C@H](c1ccccc1)c1cccs1)C1CCN(S(=O)(=O)c2ccc(F)c(F)c2)CC1. The van der Waals surface area contributed by atoms with Crippen LogP contribution in [0.4, 0.5) is 8.78 Å². The van der Waals surface area contributed by atoms with Gasteiger partial charge in [0.15, 0.2) is 11.6 Å². The van der Waals surface area contributed by atoms with E-state index in [9.17, 15) is 22.0 Å². The number of nitrogens with one attached hydrogen (secondary N) is 1. The molecule has 1 aliphatic rings. The van der Waals surface area contributed by atoms with Gasteiger partial charge in [0.05, 0.1) is 10.9 Å². The van der Waals surface area contributed by atoms with Crippen molar-refractivity contribution < 1.29 is 22.0 Å². The van der Waals surface area contributed by atoms with E-state index in [2.05, 4.69) is 5.32 Å². The first kappa shape index (κ1) is 22.6. The molecule has 168 valence electrons. The van der Waals surface area contributed by atoms with Crippen LogP contribution in [0.25, 0.3) is 0 Å². The number of piperidine rings is 1. The van der Waals surface area contributed by atoms with Crippen molar-refractivity contribution in [1.82, 2.24) is 9.62 Å². The summed E-state index contributed by atoms with van der Waals surface area (Å²) in [6.07, 6.45) is 0.696. The van der Waals surface area contributed by atoms with Gasteiger partial charge < -0.3 is 5.32 Å². The molecule has 4 rings (SSSR count). The molecular weight excluding hydrogens is 454 g/mol. The Labute approximate surface area is 189 Å². The summed E-state index contributed by atoms with van der Waals surface area (Å²) in [6, 6.07) is 15.9. The molecule has 0 unspecified atom stereocenters. The minimum Gasteiger partial charge on any atom is -0.344 e. The topological polar surface area (TPSA) is 66.5 Å². The van der Waals surface area contributed by atoms with Crippen molar-refractivity contribution in [3.8, 4) is 0 Å². The quantitative estimate of drug-likeness (QED) is 0.576. The van der Waals surface area contributed by atoms with Crippen LogP contribution < -0.4 is 5.32 Å². The second-order valence-corrected chi connectivity index (χ2v) is 10.5. The van der Waals surface area contributed by atoms with Crippen molar-refractivity contribution >= 4 is 27.3 Å². The lowest BCUT2D eigenvalue weighted by atomic mass is 9.96. The van der Waals surface area contributed by atoms with Crippen LogP contribution in [0, 0.1) is 17.6 Å². The van der Waals surface area contributed by atoms with Crippen LogP contribution in [-0.4, -0.2) is 31.7 Å². The van der Waals surface area contributed by atoms with Crippen LogP contribution >= 0.6 is 11.3 Å². The number of rotatable bonds is 6. The van der Waals surface area contributed by atoms with Gasteiger partial charge in [-0.3, -0.25) is 4.79 Å². The van der Waals surface area contributed by atoms with E-state index in [4.69, 9.17) is 0 Å². The van der Waals surface area contributed by atoms with E-state index in [0.29, 0.717) is 18.9 Å². The van der Waals surface area contributed by atoms with Gasteiger partial charge in [0, 0.05) is 23.9 Å². The average Bonchev–Trinajstić information content (AvgIpc) is 3.34. The zero-order valence-corrected chi connectivity index (χ0v) is 18.7. The maximum Gasteiger partial charge on any atom is 0.243 e. The normalized spacial score (nSPS) is 16.6. The maximum atomic E-state index is 13.5. The molecule has 1 atom stereocenters. The molecule has 0 saturated carbocycles. The third kappa shape index (κ3) is 4.74. The first-order chi connectivity index (χ1) is 15.4. The summed E-state index contributed by atoms with van der Waals surface area (Å²) in [4.78, 5) is 13.7. The summed E-state index contributed by atoms with van der Waals surface area (Å²) >= 11 is 1.56. The van der Waals surface area contributed by atoms with Crippen molar-refractivity contribution in [3.05, 3.63) is 88.1 Å². The highest BCUT2D eigenvalue weighted by Crippen LogP contribution is 2.29. The van der Waals surface area contributed by atoms with E-state index in [-0.39, 0.29) is 35.9 Å². The molecule has 1 saturated heterocycles. The van der Waals surface area contributed by atoms with E-state index in [0.717, 1.165) is 22.6 Å². The van der Waals surface area contributed by atoms with E-state index in [1.165, 1.54) is 4.31 Å². The van der Waals surface area contributed by atoms with Crippen molar-refractivity contribution in [2.24, 2.45) is 5.92 Å². The third-order valence-electron chi connectivity index (χ3n) is 5.60. The van der Waals surface area contributed by atoms with Crippen LogP contribution in [0.5, 0.6) is 0 Å². The van der Waals surface area contributed by atoms with Gasteiger partial charge in [0.1, 0.15) is 0 Å². The number of carbonyl (C=O) groups excluding carboxylic acids is 1. The molecule has 0 radical (unpaired) electrons. The van der Waals surface area contributed by atoms with Crippen LogP contribution in [0.15, 0.2) is 70.9 Å². The smallest absolute Gasteiger partial charge is 0.243 e. The predicted octanol–water partition coefficient (Wildman–Crippen LogP) is 4.33. The number of halogens is 2. The first-order valence-electron chi connectivity index (χ1n) is 10.2. The molecule has 2 heterocycles. The number of sulfonamides is 1. The minimum absolute atomic E-state index is 0.128. The molecule has 5 nitrogen and oxygen atoms in total. The zero-order valence-electron chi connectivity index (χ0n) is 17.1. The van der Waals surface area contributed by atoms with Gasteiger partial charge in [-0.15, -0.1) is 11.3 Å². The van der Waals surface area contributed by atoms with Crippen molar-refractivity contribution in [3.63, 3.8) is 0 Å². The lowest BCUT2D eigenvalue weighted by Gasteiger charge is -2.31. The molecule has 32 heavy (non-hydrogen) atoms. The highest BCUT2D eigenvalue weighted by molar-refractivity contribution is 7.89. The molecule has 1 aromatic heterocycles. The van der Waals surface area contributed by atoms with Gasteiger partial charge in [0.25, 0.3) is 0 Å². The molecule has 1 fully saturated rings. The van der Waals surface area contributed by atoms with E-state index >= 15 is 0 Å². The Morgan fingerprint density at radius 1 is 1.00 bits per heavy atom. The Hall–Kier alpha value is -2.62. The number of benzene rings is 2. The fourth-order valence-electron chi connectivity index (χ4n) is 3.82. The lowest BCUT2D eigenvalue weighted by Crippen LogP contribution is -2.43. The van der Waals surface area contributed by atoms with Gasteiger partial charge in [-0.1, -0.05) is 36.4 Å². The Kier molecular flexibility index (Phi) is 6.68. The molecule has 3 aromatic rings. The molecule has 2 aromatic carbocycles. The molecular formula is C23H22F2N2O3S2. The van der Waals surface area contributed by atoms with E-state index < -0.39 is 21.7 Å². The summed E-state index contributed by atoms with van der Waals surface area (Å²) in [5.41, 5.74) is 0.974. The molecule has 0 aliphatic carbocycles. The number of amides is 1. The Bertz CT molecular complexity index is 1180. The summed E-state index contributed by atoms with van der Waals surface area (Å²) in [6.45, 7) is 0.267. The molecule has 9 heteroatoms. The second-order valence-electron chi connectivity index (χ2n) is 7.62. The molecule has 0 bridgehead atoms. The first-order valence-corrected chi connectivity index (χ1v) is 12.5. The molecule has 1 aliphatic heterocycles. The van der Waals surface area contributed by atoms with Gasteiger partial charge in [0.2, 0.25) is 15.9 Å². The lowest BCUT2D eigenvalue weighted by molar-refractivity contribution is -0.126. The molecule has 1 amide bonds. The summed E-state index contributed by atoms with van der Waals surface area (Å²) in [7, 11) is -3.96. The van der Waals surface area contributed by atoms with Crippen LogP contribution in [-0.2, 0) is 14.8 Å². The Balaban J connectivity index is 1.43. The fourth-order valence-corrected chi connectivity index (χ4v) is 6.11. The minimum atomic E-state index is -3.96. The van der Waals surface area contributed by atoms with Crippen molar-refractivity contribution in [2.75, 3.05) is 13.1 Å². The largest absolute Gasteiger partial charge is 0.344 e. The number of hydrogen-bond acceptors (Lipinski definition) is 4. The van der Waals surface area contributed by atoms with Gasteiger partial charge >= 0.3 is 0 Å². The van der Waals surface area contributed by atoms with Crippen LogP contribution in [0.3, 0.4) is 0 Å². The number of nitrogens with zero attached hydrogens (tertiary/aromatic N) is 1. The third-order valence-corrected chi connectivity index (χ3v) is 8.43. The van der Waals surface area contributed by atoms with Gasteiger partial charge in [-0.05, 0) is 48.1 Å². The van der Waals surface area contributed by atoms with E-state index in [1.54, 1.807) is 11.3 Å². The van der Waals surface area contributed by atoms with E-state index in [1.807, 2.05) is 47.8 Å². The standard InChI is InChI=1S/C23H22F2N2O3S2/c24-19-9-8-18(15-20(19)25)32(29,30)27-12-10-17(11-13-27)23(28)26-22(21-7-4-14-31-21)16-5-2-1-3-6-16/h1-9,14-15,17,22H,10-13H2,(H,26,28)/t22-/m1/s1. The average molecular weight is 477 g/mol. The summed E-state index contributed by atoms with van der Waals surface area (Å²) in [5.74, 6) is -2.77. The predicted molar refractivity (Wildman–Crippen MR) is 119 cm³/mol. The van der Waals surface area contributed by atoms with Crippen LogP contribution in [0.2, 0.25) is 0 Å². The maximum absolute atomic E-state index is 13.5. The summed E-state index contributed by atoms with van der Waals surface area (Å²) in [5, 5.41) is 5.07. The highest BCUT2D eigenvalue weighted by Gasteiger charge is 2.33. The molecule has 0 spiro atoms. The van der Waals surface area contributed by atoms with Crippen molar-refractivity contribution in [1.29, 1.82) is 0 Å². The Morgan fingerprint density at radius 2 is 1.72 bits per heavy atom. The number of carbonyl (C=O) groups is 1.